The third-order valence-corrected chi connectivity index (χ3v) is 4.49. The Morgan fingerprint density at radius 1 is 0.913 bits per heavy atom. The SMILES string of the molecule is Cc1ccc(Nc2c3c(nc4ccc(C)cc24)CCC3)cc1.Cl. The summed E-state index contributed by atoms with van der Waals surface area (Å²) in [4.78, 5) is 4.87. The van der Waals surface area contributed by atoms with Gasteiger partial charge in [0, 0.05) is 16.8 Å². The van der Waals surface area contributed by atoms with Gasteiger partial charge in [0.25, 0.3) is 0 Å². The Kier molecular flexibility index (Phi) is 4.27. The lowest BCUT2D eigenvalue weighted by atomic mass is 10.0. The van der Waals surface area contributed by atoms with E-state index in [-0.39, 0.29) is 12.4 Å². The standard InChI is InChI=1S/C20H20N2.ClH/c1-13-6-9-15(10-7-13)21-20-16-4-3-5-18(16)22-19-11-8-14(2)12-17(19)20;/h6-12H,3-5H2,1-2H3,(H,21,22);1H. The molecule has 0 bridgehead atoms. The number of hydrogen-bond acceptors (Lipinski definition) is 2. The minimum absolute atomic E-state index is 0. The van der Waals surface area contributed by atoms with Crippen LogP contribution in [0.3, 0.4) is 0 Å². The lowest BCUT2D eigenvalue weighted by molar-refractivity contribution is 0.901. The molecule has 1 aliphatic carbocycles. The average Bonchev–Trinajstić information content (AvgIpc) is 2.98. The fourth-order valence-corrected chi connectivity index (χ4v) is 3.30. The highest BCUT2D eigenvalue weighted by molar-refractivity contribution is 5.96. The van der Waals surface area contributed by atoms with Gasteiger partial charge in [-0.25, -0.2) is 0 Å². The van der Waals surface area contributed by atoms with Crippen molar-refractivity contribution in [3.63, 3.8) is 0 Å². The van der Waals surface area contributed by atoms with Crippen molar-refractivity contribution in [1.29, 1.82) is 0 Å². The first kappa shape index (κ1) is 15.8. The van der Waals surface area contributed by atoms with Crippen molar-refractivity contribution >= 4 is 34.7 Å². The van der Waals surface area contributed by atoms with Gasteiger partial charge in [-0.05, 0) is 62.9 Å². The number of anilines is 2. The molecule has 0 fully saturated rings. The first-order valence-corrected chi connectivity index (χ1v) is 7.96. The van der Waals surface area contributed by atoms with E-state index in [9.17, 15) is 0 Å². The van der Waals surface area contributed by atoms with E-state index in [0.29, 0.717) is 0 Å². The number of fused-ring (bicyclic) bond motifs is 2. The maximum absolute atomic E-state index is 4.87. The maximum atomic E-state index is 4.87. The molecule has 0 aliphatic heterocycles. The number of halogens is 1. The summed E-state index contributed by atoms with van der Waals surface area (Å²) in [6.45, 7) is 4.26. The molecule has 0 unspecified atom stereocenters. The summed E-state index contributed by atoms with van der Waals surface area (Å²) >= 11 is 0. The normalized spacial score (nSPS) is 12.8. The molecule has 0 spiro atoms. The van der Waals surface area contributed by atoms with Crippen LogP contribution in [0.15, 0.2) is 42.5 Å². The van der Waals surface area contributed by atoms with Crippen molar-refractivity contribution in [3.05, 3.63) is 64.8 Å². The zero-order chi connectivity index (χ0) is 15.1. The van der Waals surface area contributed by atoms with Crippen molar-refractivity contribution in [1.82, 2.24) is 4.98 Å². The molecule has 2 nitrogen and oxygen atoms in total. The van der Waals surface area contributed by atoms with Crippen LogP contribution in [0.1, 0.15) is 28.8 Å². The second-order valence-corrected chi connectivity index (χ2v) is 6.28. The number of nitrogens with one attached hydrogen (secondary N) is 1. The Bertz CT molecular complexity index is 854. The molecule has 23 heavy (non-hydrogen) atoms. The number of hydrogen-bond donors (Lipinski definition) is 1. The zero-order valence-electron chi connectivity index (χ0n) is 13.5. The second kappa shape index (κ2) is 6.21. The highest BCUT2D eigenvalue weighted by Gasteiger charge is 2.19. The summed E-state index contributed by atoms with van der Waals surface area (Å²) in [6, 6.07) is 15.1. The van der Waals surface area contributed by atoms with Gasteiger partial charge >= 0.3 is 0 Å². The van der Waals surface area contributed by atoms with Crippen molar-refractivity contribution in [2.75, 3.05) is 5.32 Å². The van der Waals surface area contributed by atoms with Gasteiger partial charge < -0.3 is 5.32 Å². The van der Waals surface area contributed by atoms with Crippen LogP contribution in [-0.2, 0) is 12.8 Å². The minimum Gasteiger partial charge on any atom is -0.355 e. The van der Waals surface area contributed by atoms with Crippen LogP contribution in [0.5, 0.6) is 0 Å². The summed E-state index contributed by atoms with van der Waals surface area (Å²) in [5.41, 5.74) is 8.73. The topological polar surface area (TPSA) is 24.9 Å². The Balaban J connectivity index is 0.00000156. The van der Waals surface area contributed by atoms with E-state index in [2.05, 4.69) is 61.6 Å². The van der Waals surface area contributed by atoms with Crippen LogP contribution in [0, 0.1) is 13.8 Å². The summed E-state index contributed by atoms with van der Waals surface area (Å²) in [5, 5.41) is 4.90. The number of aryl methyl sites for hydroxylation is 3. The van der Waals surface area contributed by atoms with Crippen LogP contribution in [0.4, 0.5) is 11.4 Å². The van der Waals surface area contributed by atoms with Gasteiger partial charge in [0.05, 0.1) is 11.2 Å². The number of rotatable bonds is 2. The van der Waals surface area contributed by atoms with Crippen LogP contribution in [0.25, 0.3) is 10.9 Å². The van der Waals surface area contributed by atoms with E-state index < -0.39 is 0 Å². The van der Waals surface area contributed by atoms with Gasteiger partial charge in [-0.3, -0.25) is 4.98 Å². The van der Waals surface area contributed by atoms with E-state index in [1.807, 2.05) is 0 Å². The van der Waals surface area contributed by atoms with E-state index in [1.165, 1.54) is 39.9 Å². The summed E-state index contributed by atoms with van der Waals surface area (Å²) in [5.74, 6) is 0. The van der Waals surface area contributed by atoms with Crippen molar-refractivity contribution < 1.29 is 0 Å². The molecule has 0 radical (unpaired) electrons. The number of nitrogens with zero attached hydrogens (tertiary/aromatic N) is 1. The van der Waals surface area contributed by atoms with Gasteiger partial charge in [-0.15, -0.1) is 12.4 Å². The molecular formula is C20H21ClN2. The quantitative estimate of drug-likeness (QED) is 0.672. The van der Waals surface area contributed by atoms with Crippen LogP contribution in [0.2, 0.25) is 0 Å². The molecule has 3 aromatic rings. The van der Waals surface area contributed by atoms with E-state index in [1.54, 1.807) is 0 Å². The zero-order valence-corrected chi connectivity index (χ0v) is 14.3. The van der Waals surface area contributed by atoms with Crippen molar-refractivity contribution in [3.8, 4) is 0 Å². The van der Waals surface area contributed by atoms with Gasteiger partial charge in [0.2, 0.25) is 0 Å². The molecule has 1 aliphatic rings. The van der Waals surface area contributed by atoms with Gasteiger partial charge in [0.1, 0.15) is 0 Å². The molecule has 1 heterocycles. The van der Waals surface area contributed by atoms with Crippen LogP contribution >= 0.6 is 12.4 Å². The summed E-state index contributed by atoms with van der Waals surface area (Å²) < 4.78 is 0. The average molecular weight is 325 g/mol. The van der Waals surface area contributed by atoms with Gasteiger partial charge in [-0.1, -0.05) is 29.3 Å². The lowest BCUT2D eigenvalue weighted by Crippen LogP contribution is -2.00. The smallest absolute Gasteiger partial charge is 0.0726 e. The fraction of sp³-hybridized carbons (Fsp3) is 0.250. The number of aromatic nitrogens is 1. The highest BCUT2D eigenvalue weighted by Crippen LogP contribution is 2.36. The Labute approximate surface area is 143 Å². The molecule has 2 aromatic carbocycles. The molecule has 1 aromatic heterocycles. The lowest BCUT2D eigenvalue weighted by Gasteiger charge is -2.15. The predicted molar refractivity (Wildman–Crippen MR) is 100 cm³/mol. The third-order valence-electron chi connectivity index (χ3n) is 4.49. The maximum Gasteiger partial charge on any atom is 0.0726 e. The van der Waals surface area contributed by atoms with E-state index >= 15 is 0 Å². The Morgan fingerprint density at radius 2 is 1.65 bits per heavy atom. The third kappa shape index (κ3) is 2.91. The van der Waals surface area contributed by atoms with Crippen LogP contribution < -0.4 is 5.32 Å². The molecule has 4 rings (SSSR count). The Hall–Kier alpha value is -2.06. The van der Waals surface area contributed by atoms with Gasteiger partial charge in [-0.2, -0.15) is 0 Å². The molecule has 0 amide bonds. The van der Waals surface area contributed by atoms with Crippen LogP contribution in [-0.4, -0.2) is 4.98 Å². The van der Waals surface area contributed by atoms with Crippen molar-refractivity contribution in [2.45, 2.75) is 33.1 Å². The number of benzene rings is 2. The highest BCUT2D eigenvalue weighted by atomic mass is 35.5. The summed E-state index contributed by atoms with van der Waals surface area (Å²) in [6.07, 6.45) is 3.43. The van der Waals surface area contributed by atoms with Gasteiger partial charge in [0.15, 0.2) is 0 Å². The molecule has 1 N–H and O–H groups in total. The molecule has 3 heteroatoms. The predicted octanol–water partition coefficient (Wildman–Crippen LogP) is 5.51. The molecule has 0 atom stereocenters. The van der Waals surface area contributed by atoms with E-state index in [0.717, 1.165) is 24.0 Å². The monoisotopic (exact) mass is 324 g/mol. The molecule has 118 valence electrons. The first-order valence-electron chi connectivity index (χ1n) is 7.96. The summed E-state index contributed by atoms with van der Waals surface area (Å²) in [7, 11) is 0. The number of pyridine rings is 1. The first-order chi connectivity index (χ1) is 10.7. The second-order valence-electron chi connectivity index (χ2n) is 6.28. The van der Waals surface area contributed by atoms with E-state index in [4.69, 9.17) is 4.98 Å². The van der Waals surface area contributed by atoms with Crippen molar-refractivity contribution in [2.24, 2.45) is 0 Å². The largest absolute Gasteiger partial charge is 0.355 e. The Morgan fingerprint density at radius 3 is 2.43 bits per heavy atom. The fourth-order valence-electron chi connectivity index (χ4n) is 3.30. The molecule has 0 saturated carbocycles. The molecule has 0 saturated heterocycles. The molecular weight excluding hydrogens is 304 g/mol. The minimum atomic E-state index is 0.